The summed E-state index contributed by atoms with van der Waals surface area (Å²) in [5.41, 5.74) is 1.13. The van der Waals surface area contributed by atoms with Crippen molar-refractivity contribution in [2.75, 3.05) is 6.54 Å². The van der Waals surface area contributed by atoms with E-state index in [2.05, 4.69) is 19.2 Å². The van der Waals surface area contributed by atoms with E-state index in [1.165, 1.54) is 6.07 Å². The maximum atomic E-state index is 13.0. The summed E-state index contributed by atoms with van der Waals surface area (Å²) < 4.78 is 13.0. The Morgan fingerprint density at radius 3 is 2.71 bits per heavy atom. The molecule has 0 aliphatic carbocycles. The summed E-state index contributed by atoms with van der Waals surface area (Å²) in [5, 5.41) is 3.26. The molecule has 0 fully saturated rings. The van der Waals surface area contributed by atoms with E-state index in [1.54, 1.807) is 19.1 Å². The van der Waals surface area contributed by atoms with Crippen LogP contribution in [0.4, 0.5) is 4.39 Å². The minimum absolute atomic E-state index is 0.0821. The molecule has 2 nitrogen and oxygen atoms in total. The Hall–Kier alpha value is -1.22. The van der Waals surface area contributed by atoms with Gasteiger partial charge in [0.2, 0.25) is 0 Å². The van der Waals surface area contributed by atoms with Crippen molar-refractivity contribution in [2.45, 2.75) is 39.7 Å². The minimum Gasteiger partial charge on any atom is -0.315 e. The highest BCUT2D eigenvalue weighted by atomic mass is 19.1. The van der Waals surface area contributed by atoms with Gasteiger partial charge < -0.3 is 5.32 Å². The highest BCUT2D eigenvalue weighted by Crippen LogP contribution is 2.11. The molecule has 1 rings (SSSR count). The van der Waals surface area contributed by atoms with E-state index in [0.717, 1.165) is 13.0 Å². The normalized spacial score (nSPS) is 10.9. The van der Waals surface area contributed by atoms with E-state index in [1.807, 2.05) is 0 Å². The number of hydrogen-bond donors (Lipinski definition) is 1. The lowest BCUT2D eigenvalue weighted by Crippen LogP contribution is -2.24. The maximum Gasteiger partial charge on any atom is 0.162 e. The molecule has 0 amide bonds. The topological polar surface area (TPSA) is 29.1 Å². The number of halogens is 1. The zero-order chi connectivity index (χ0) is 12.8. The Balaban J connectivity index is 2.44. The van der Waals surface area contributed by atoms with Crippen molar-refractivity contribution in [2.24, 2.45) is 0 Å². The Morgan fingerprint density at radius 1 is 1.41 bits per heavy atom. The fraction of sp³-hybridized carbons (Fsp3) is 0.500. The molecule has 0 aliphatic heterocycles. The van der Waals surface area contributed by atoms with E-state index in [0.29, 0.717) is 23.6 Å². The molecule has 1 N–H and O–H groups in total. The lowest BCUT2D eigenvalue weighted by Gasteiger charge is -2.07. The molecule has 0 heterocycles. The third-order valence-electron chi connectivity index (χ3n) is 2.61. The molecule has 1 aromatic carbocycles. The summed E-state index contributed by atoms with van der Waals surface area (Å²) in [6.45, 7) is 6.66. The molecule has 0 spiro atoms. The number of benzene rings is 1. The second-order valence-corrected chi connectivity index (χ2v) is 4.60. The summed E-state index contributed by atoms with van der Waals surface area (Å²) in [4.78, 5) is 11.8. The number of hydrogen-bond acceptors (Lipinski definition) is 2. The summed E-state index contributed by atoms with van der Waals surface area (Å²) >= 11 is 0. The van der Waals surface area contributed by atoms with Crippen LogP contribution in [0.1, 0.15) is 42.6 Å². The zero-order valence-electron chi connectivity index (χ0n) is 10.7. The van der Waals surface area contributed by atoms with Gasteiger partial charge in [0.25, 0.3) is 0 Å². The number of carbonyl (C=O) groups excluding carboxylic acids is 1. The van der Waals surface area contributed by atoms with Gasteiger partial charge in [-0.2, -0.15) is 0 Å². The van der Waals surface area contributed by atoms with Gasteiger partial charge in [-0.1, -0.05) is 13.8 Å². The Morgan fingerprint density at radius 2 is 2.12 bits per heavy atom. The molecule has 17 heavy (non-hydrogen) atoms. The predicted octanol–water partition coefficient (Wildman–Crippen LogP) is 3.10. The molecule has 0 bridgehead atoms. The van der Waals surface area contributed by atoms with Gasteiger partial charge in [0, 0.05) is 18.0 Å². The lowest BCUT2D eigenvalue weighted by molar-refractivity contribution is 0.0979. The molecule has 94 valence electrons. The van der Waals surface area contributed by atoms with E-state index >= 15 is 0 Å². The summed E-state index contributed by atoms with van der Waals surface area (Å²) in [5.74, 6) is -0.179. The van der Waals surface area contributed by atoms with Gasteiger partial charge in [0.05, 0.1) is 0 Å². The Kier molecular flexibility index (Phi) is 5.29. The summed E-state index contributed by atoms with van der Waals surface area (Å²) in [6.07, 6.45) is 1.32. The molecular formula is C14H20FNO. The van der Waals surface area contributed by atoms with Crippen molar-refractivity contribution in [3.63, 3.8) is 0 Å². The second kappa shape index (κ2) is 6.50. The van der Waals surface area contributed by atoms with Crippen molar-refractivity contribution < 1.29 is 9.18 Å². The first-order chi connectivity index (χ1) is 8.00. The zero-order valence-corrected chi connectivity index (χ0v) is 10.7. The molecule has 0 saturated carbocycles. The van der Waals surface area contributed by atoms with Crippen LogP contribution in [0.15, 0.2) is 18.2 Å². The van der Waals surface area contributed by atoms with Gasteiger partial charge in [0.15, 0.2) is 5.78 Å². The van der Waals surface area contributed by atoms with Crippen LogP contribution in [0, 0.1) is 12.7 Å². The van der Waals surface area contributed by atoms with Crippen LogP contribution in [-0.4, -0.2) is 18.4 Å². The Labute approximate surface area is 102 Å². The lowest BCUT2D eigenvalue weighted by atomic mass is 10.0. The number of aryl methyl sites for hydroxylation is 1. The average Bonchev–Trinajstić information content (AvgIpc) is 2.27. The summed E-state index contributed by atoms with van der Waals surface area (Å²) in [7, 11) is 0. The average molecular weight is 237 g/mol. The van der Waals surface area contributed by atoms with Crippen molar-refractivity contribution in [3.8, 4) is 0 Å². The van der Waals surface area contributed by atoms with Crippen LogP contribution >= 0.6 is 0 Å². The number of rotatable bonds is 6. The standard InChI is InChI=1S/C14H20FNO/c1-10(2)16-8-4-5-14(17)12-6-7-13(15)11(3)9-12/h6-7,9-10,16H,4-5,8H2,1-3H3. The van der Waals surface area contributed by atoms with Crippen molar-refractivity contribution in [1.29, 1.82) is 0 Å². The van der Waals surface area contributed by atoms with Crippen LogP contribution in [0.3, 0.4) is 0 Å². The van der Waals surface area contributed by atoms with Gasteiger partial charge in [0.1, 0.15) is 5.82 Å². The van der Waals surface area contributed by atoms with E-state index in [-0.39, 0.29) is 11.6 Å². The van der Waals surface area contributed by atoms with Crippen LogP contribution in [-0.2, 0) is 0 Å². The first-order valence-electron chi connectivity index (χ1n) is 6.03. The van der Waals surface area contributed by atoms with Crippen LogP contribution in [0.2, 0.25) is 0 Å². The van der Waals surface area contributed by atoms with Crippen molar-refractivity contribution in [3.05, 3.63) is 35.1 Å². The summed E-state index contributed by atoms with van der Waals surface area (Å²) in [6, 6.07) is 4.97. The molecule has 0 saturated heterocycles. The van der Waals surface area contributed by atoms with Gasteiger partial charge in [-0.25, -0.2) is 4.39 Å². The SMILES string of the molecule is Cc1cc(C(=O)CCCNC(C)C)ccc1F. The fourth-order valence-corrected chi connectivity index (χ4v) is 1.60. The van der Waals surface area contributed by atoms with Crippen molar-refractivity contribution in [1.82, 2.24) is 5.32 Å². The van der Waals surface area contributed by atoms with Crippen LogP contribution < -0.4 is 5.32 Å². The number of nitrogens with one attached hydrogen (secondary N) is 1. The third-order valence-corrected chi connectivity index (χ3v) is 2.61. The number of Topliss-reactive ketones (excluding diaryl/α,β-unsaturated/α-hetero) is 1. The van der Waals surface area contributed by atoms with Gasteiger partial charge in [-0.3, -0.25) is 4.79 Å². The molecule has 0 aromatic heterocycles. The molecule has 3 heteroatoms. The molecule has 0 atom stereocenters. The van der Waals surface area contributed by atoms with E-state index in [4.69, 9.17) is 0 Å². The molecule has 1 aromatic rings. The highest BCUT2D eigenvalue weighted by Gasteiger charge is 2.07. The maximum absolute atomic E-state index is 13.0. The molecule has 0 aliphatic rings. The molecule has 0 radical (unpaired) electrons. The largest absolute Gasteiger partial charge is 0.315 e. The molecular weight excluding hydrogens is 217 g/mol. The highest BCUT2D eigenvalue weighted by molar-refractivity contribution is 5.96. The monoisotopic (exact) mass is 237 g/mol. The predicted molar refractivity (Wildman–Crippen MR) is 67.8 cm³/mol. The fourth-order valence-electron chi connectivity index (χ4n) is 1.60. The minimum atomic E-state index is -0.261. The van der Waals surface area contributed by atoms with Crippen LogP contribution in [0.5, 0.6) is 0 Å². The quantitative estimate of drug-likeness (QED) is 0.608. The Bertz CT molecular complexity index is 388. The van der Waals surface area contributed by atoms with Crippen molar-refractivity contribution >= 4 is 5.78 Å². The van der Waals surface area contributed by atoms with E-state index in [9.17, 15) is 9.18 Å². The second-order valence-electron chi connectivity index (χ2n) is 4.60. The smallest absolute Gasteiger partial charge is 0.162 e. The molecule has 0 unspecified atom stereocenters. The number of carbonyl (C=O) groups is 1. The van der Waals surface area contributed by atoms with Gasteiger partial charge in [-0.05, 0) is 43.7 Å². The first-order valence-corrected chi connectivity index (χ1v) is 6.03. The van der Waals surface area contributed by atoms with Gasteiger partial charge in [-0.15, -0.1) is 0 Å². The third kappa shape index (κ3) is 4.65. The van der Waals surface area contributed by atoms with Crippen LogP contribution in [0.25, 0.3) is 0 Å². The first kappa shape index (κ1) is 13.8. The number of ketones is 1. The van der Waals surface area contributed by atoms with E-state index < -0.39 is 0 Å². The van der Waals surface area contributed by atoms with Gasteiger partial charge >= 0.3 is 0 Å².